The average Bonchev–Trinajstić information content (AvgIpc) is 2.35. The molecule has 1 unspecified atom stereocenters. The van der Waals surface area contributed by atoms with Crippen LogP contribution in [0.25, 0.3) is 0 Å². The molecular weight excluding hydrogens is 206 g/mol. The lowest BCUT2D eigenvalue weighted by atomic mass is 10.0. The molecule has 0 aromatic heterocycles. The Morgan fingerprint density at radius 3 is 2.44 bits per heavy atom. The lowest BCUT2D eigenvalue weighted by molar-refractivity contribution is -0.0903. The molecule has 4 N–H and O–H groups in total. The molecule has 0 heterocycles. The van der Waals surface area contributed by atoms with Crippen LogP contribution < -0.4 is 5.73 Å². The Kier molecular flexibility index (Phi) is 5.42. The minimum Gasteiger partial charge on any atom is -0.396 e. The molecule has 2 atom stereocenters. The molecule has 1 aromatic carbocycles. The van der Waals surface area contributed by atoms with Gasteiger partial charge in [0, 0.05) is 13.7 Å². The standard InChI is InChI=1S/C12H19NO3/c1-16-12(15)11(13)10-6-4-9(5-7-10)3-2-8-14/h4-7,11-12,14-15H,2-3,8,13H2,1H3/t11-,12?/m0/s1. The fraction of sp³-hybridized carbons (Fsp3) is 0.500. The Morgan fingerprint density at radius 2 is 1.94 bits per heavy atom. The zero-order valence-corrected chi connectivity index (χ0v) is 9.47. The Hall–Kier alpha value is -0.940. The lowest BCUT2D eigenvalue weighted by Gasteiger charge is -2.17. The summed E-state index contributed by atoms with van der Waals surface area (Å²) in [6.07, 6.45) is 0.619. The van der Waals surface area contributed by atoms with Crippen molar-refractivity contribution in [3.63, 3.8) is 0 Å². The molecule has 0 aliphatic carbocycles. The maximum absolute atomic E-state index is 9.41. The third-order valence-electron chi connectivity index (χ3n) is 2.54. The minimum absolute atomic E-state index is 0.198. The second-order valence-corrected chi connectivity index (χ2v) is 3.72. The molecular formula is C12H19NO3. The largest absolute Gasteiger partial charge is 0.396 e. The van der Waals surface area contributed by atoms with Crippen LogP contribution in [0.1, 0.15) is 23.6 Å². The van der Waals surface area contributed by atoms with Gasteiger partial charge in [-0.3, -0.25) is 0 Å². The van der Waals surface area contributed by atoms with Gasteiger partial charge in [0.25, 0.3) is 0 Å². The molecule has 4 heteroatoms. The first kappa shape index (κ1) is 13.1. The highest BCUT2D eigenvalue weighted by Crippen LogP contribution is 2.16. The van der Waals surface area contributed by atoms with Crippen LogP contribution >= 0.6 is 0 Å². The van der Waals surface area contributed by atoms with Crippen LogP contribution in [-0.2, 0) is 11.2 Å². The van der Waals surface area contributed by atoms with Gasteiger partial charge < -0.3 is 20.7 Å². The lowest BCUT2D eigenvalue weighted by Crippen LogP contribution is -2.27. The third-order valence-corrected chi connectivity index (χ3v) is 2.54. The van der Waals surface area contributed by atoms with E-state index in [1.54, 1.807) is 0 Å². The normalized spacial score (nSPS) is 14.8. The van der Waals surface area contributed by atoms with E-state index in [-0.39, 0.29) is 6.61 Å². The molecule has 0 spiro atoms. The molecule has 0 bridgehead atoms. The van der Waals surface area contributed by atoms with Gasteiger partial charge in [-0.2, -0.15) is 0 Å². The summed E-state index contributed by atoms with van der Waals surface area (Å²) in [4.78, 5) is 0. The summed E-state index contributed by atoms with van der Waals surface area (Å²) in [5.41, 5.74) is 7.77. The Bertz CT molecular complexity index is 300. The van der Waals surface area contributed by atoms with Crippen molar-refractivity contribution in [2.45, 2.75) is 25.2 Å². The summed E-state index contributed by atoms with van der Waals surface area (Å²) >= 11 is 0. The van der Waals surface area contributed by atoms with Gasteiger partial charge in [-0.15, -0.1) is 0 Å². The van der Waals surface area contributed by atoms with E-state index in [0.717, 1.165) is 24.0 Å². The second-order valence-electron chi connectivity index (χ2n) is 3.72. The molecule has 4 nitrogen and oxygen atoms in total. The number of hydrogen-bond donors (Lipinski definition) is 3. The second kappa shape index (κ2) is 6.60. The molecule has 0 aliphatic rings. The first-order chi connectivity index (χ1) is 7.69. The number of benzene rings is 1. The summed E-state index contributed by atoms with van der Waals surface area (Å²) in [7, 11) is 1.42. The molecule has 0 amide bonds. The summed E-state index contributed by atoms with van der Waals surface area (Å²) in [6.45, 7) is 0.198. The molecule has 16 heavy (non-hydrogen) atoms. The van der Waals surface area contributed by atoms with Crippen LogP contribution in [0.15, 0.2) is 24.3 Å². The number of aliphatic hydroxyl groups excluding tert-OH is 2. The van der Waals surface area contributed by atoms with Crippen LogP contribution in [0.2, 0.25) is 0 Å². The predicted octanol–water partition coefficient (Wildman–Crippen LogP) is 0.576. The topological polar surface area (TPSA) is 75.7 Å². The Labute approximate surface area is 95.7 Å². The number of hydrogen-bond acceptors (Lipinski definition) is 4. The fourth-order valence-corrected chi connectivity index (χ4v) is 1.50. The minimum atomic E-state index is -0.983. The maximum atomic E-state index is 9.41. The quantitative estimate of drug-likeness (QED) is 0.619. The van der Waals surface area contributed by atoms with Gasteiger partial charge in [0.15, 0.2) is 6.29 Å². The van der Waals surface area contributed by atoms with Crippen molar-refractivity contribution in [3.05, 3.63) is 35.4 Å². The van der Waals surface area contributed by atoms with Crippen molar-refractivity contribution in [1.82, 2.24) is 0 Å². The third kappa shape index (κ3) is 3.57. The van der Waals surface area contributed by atoms with Gasteiger partial charge in [0.05, 0.1) is 6.04 Å². The van der Waals surface area contributed by atoms with Gasteiger partial charge in [-0.05, 0) is 24.0 Å². The van der Waals surface area contributed by atoms with Crippen molar-refractivity contribution in [3.8, 4) is 0 Å². The van der Waals surface area contributed by atoms with Crippen LogP contribution in [0.3, 0.4) is 0 Å². The number of methoxy groups -OCH3 is 1. The number of nitrogens with two attached hydrogens (primary N) is 1. The van der Waals surface area contributed by atoms with Gasteiger partial charge >= 0.3 is 0 Å². The van der Waals surface area contributed by atoms with Crippen LogP contribution in [-0.4, -0.2) is 30.2 Å². The van der Waals surface area contributed by atoms with Crippen molar-refractivity contribution in [2.75, 3.05) is 13.7 Å². The number of aliphatic hydroxyl groups is 2. The van der Waals surface area contributed by atoms with Crippen molar-refractivity contribution in [2.24, 2.45) is 5.73 Å². The highest BCUT2D eigenvalue weighted by atomic mass is 16.6. The van der Waals surface area contributed by atoms with Crippen LogP contribution in [0.4, 0.5) is 0 Å². The summed E-state index contributed by atoms with van der Waals surface area (Å²) in [5, 5.41) is 18.1. The van der Waals surface area contributed by atoms with E-state index in [1.165, 1.54) is 7.11 Å². The van der Waals surface area contributed by atoms with Gasteiger partial charge in [0.1, 0.15) is 0 Å². The van der Waals surface area contributed by atoms with Gasteiger partial charge in [-0.1, -0.05) is 24.3 Å². The van der Waals surface area contributed by atoms with E-state index in [9.17, 15) is 5.11 Å². The average molecular weight is 225 g/mol. The Morgan fingerprint density at radius 1 is 1.31 bits per heavy atom. The van der Waals surface area contributed by atoms with E-state index in [1.807, 2.05) is 24.3 Å². The number of aryl methyl sites for hydroxylation is 1. The van der Waals surface area contributed by atoms with E-state index in [4.69, 9.17) is 15.6 Å². The molecule has 0 aliphatic heterocycles. The van der Waals surface area contributed by atoms with Crippen LogP contribution in [0, 0.1) is 0 Å². The molecule has 0 saturated heterocycles. The first-order valence-corrected chi connectivity index (χ1v) is 5.35. The number of ether oxygens (including phenoxy) is 1. The molecule has 0 fully saturated rings. The first-order valence-electron chi connectivity index (χ1n) is 5.35. The monoisotopic (exact) mass is 225 g/mol. The SMILES string of the molecule is COC(O)[C@@H](N)c1ccc(CCCO)cc1. The van der Waals surface area contributed by atoms with Crippen molar-refractivity contribution >= 4 is 0 Å². The number of rotatable bonds is 6. The predicted molar refractivity (Wildman–Crippen MR) is 61.8 cm³/mol. The smallest absolute Gasteiger partial charge is 0.173 e. The van der Waals surface area contributed by atoms with Crippen molar-refractivity contribution in [1.29, 1.82) is 0 Å². The molecule has 0 radical (unpaired) electrons. The maximum Gasteiger partial charge on any atom is 0.173 e. The molecule has 1 rings (SSSR count). The van der Waals surface area contributed by atoms with Crippen molar-refractivity contribution < 1.29 is 14.9 Å². The van der Waals surface area contributed by atoms with Gasteiger partial charge in [0.2, 0.25) is 0 Å². The van der Waals surface area contributed by atoms with E-state index in [2.05, 4.69) is 0 Å². The van der Waals surface area contributed by atoms with Crippen LogP contribution in [0.5, 0.6) is 0 Å². The Balaban J connectivity index is 2.63. The highest BCUT2D eigenvalue weighted by molar-refractivity contribution is 5.25. The zero-order valence-electron chi connectivity index (χ0n) is 9.47. The molecule has 0 saturated carbocycles. The van der Waals surface area contributed by atoms with E-state index < -0.39 is 12.3 Å². The summed E-state index contributed by atoms with van der Waals surface area (Å²) < 4.78 is 4.76. The van der Waals surface area contributed by atoms with Gasteiger partial charge in [-0.25, -0.2) is 0 Å². The molecule has 90 valence electrons. The zero-order chi connectivity index (χ0) is 12.0. The summed E-state index contributed by atoms with van der Waals surface area (Å²) in [5.74, 6) is 0. The summed E-state index contributed by atoms with van der Waals surface area (Å²) in [6, 6.07) is 7.12. The fourth-order valence-electron chi connectivity index (χ4n) is 1.50. The van der Waals surface area contributed by atoms with E-state index in [0.29, 0.717) is 0 Å². The highest BCUT2D eigenvalue weighted by Gasteiger charge is 2.15. The van der Waals surface area contributed by atoms with E-state index >= 15 is 0 Å². The molecule has 1 aromatic rings.